The van der Waals surface area contributed by atoms with Crippen molar-refractivity contribution in [2.75, 3.05) is 102 Å². The van der Waals surface area contributed by atoms with Gasteiger partial charge in [0.2, 0.25) is 0 Å². The van der Waals surface area contributed by atoms with Crippen LogP contribution < -0.4 is 9.80 Å². The number of anilines is 2. The zero-order valence-electron chi connectivity index (χ0n) is 36.8. The predicted molar refractivity (Wildman–Crippen MR) is 251 cm³/mol. The maximum Gasteiger partial charge on any atom is 0.307 e. The number of aliphatic hydroxyl groups excluding tert-OH is 2. The van der Waals surface area contributed by atoms with Gasteiger partial charge in [0.25, 0.3) is 11.4 Å². The Hall–Kier alpha value is -6.16. The van der Waals surface area contributed by atoms with Crippen LogP contribution in [0.25, 0.3) is 0 Å². The summed E-state index contributed by atoms with van der Waals surface area (Å²) in [5.74, 6) is -0.794. The van der Waals surface area contributed by atoms with E-state index in [9.17, 15) is 40.0 Å². The fraction of sp³-hybridized carbons (Fsp3) is 0.409. The summed E-state index contributed by atoms with van der Waals surface area (Å²) < 4.78 is 11.2. The Balaban J connectivity index is 1.23. The summed E-state index contributed by atoms with van der Waals surface area (Å²) in [5.41, 5.74) is 3.15. The SMILES string of the molecule is CCN(CCOC(=O)CCN(CCC(=O)OCCN(CC)c1ccc(/N=N/c2ccc([N+](=O)[O-])cc2Cl)cc1)CCN(CCO)CCO)c1ccc(/N=N/c2ccc([N+](=O)[O-])cc2Cl)cc1. The Morgan fingerprint density at radius 2 is 0.939 bits per heavy atom. The first-order chi connectivity index (χ1) is 31.8. The van der Waals surface area contributed by atoms with E-state index in [4.69, 9.17) is 32.7 Å². The fourth-order valence-corrected chi connectivity index (χ4v) is 6.85. The largest absolute Gasteiger partial charge is 0.464 e. The molecule has 0 fully saturated rings. The molecule has 4 aromatic rings. The van der Waals surface area contributed by atoms with Gasteiger partial charge < -0.3 is 34.4 Å². The number of benzene rings is 4. The van der Waals surface area contributed by atoms with Crippen LogP contribution in [-0.4, -0.2) is 134 Å². The molecule has 0 aliphatic rings. The van der Waals surface area contributed by atoms with E-state index in [1.54, 1.807) is 24.3 Å². The van der Waals surface area contributed by atoms with Gasteiger partial charge in [0.15, 0.2) is 0 Å². The number of azo groups is 2. The summed E-state index contributed by atoms with van der Waals surface area (Å²) in [4.78, 5) is 54.6. The lowest BCUT2D eigenvalue weighted by atomic mass is 10.2. The number of nitro groups is 2. The molecule has 2 N–H and O–H groups in total. The summed E-state index contributed by atoms with van der Waals surface area (Å²) in [7, 11) is 0. The molecule has 0 atom stereocenters. The van der Waals surface area contributed by atoms with Gasteiger partial charge in [0, 0.05) is 88.0 Å². The van der Waals surface area contributed by atoms with Crippen LogP contribution >= 0.6 is 23.2 Å². The molecule has 354 valence electrons. The molecule has 0 aromatic heterocycles. The number of esters is 2. The Morgan fingerprint density at radius 1 is 0.561 bits per heavy atom. The highest BCUT2D eigenvalue weighted by Crippen LogP contribution is 2.32. The Labute approximate surface area is 392 Å². The van der Waals surface area contributed by atoms with E-state index in [1.807, 2.05) is 57.7 Å². The van der Waals surface area contributed by atoms with Crippen LogP contribution in [0.3, 0.4) is 0 Å². The number of nitrogens with zero attached hydrogens (tertiary/aromatic N) is 10. The first kappa shape index (κ1) is 52.5. The van der Waals surface area contributed by atoms with Gasteiger partial charge in [-0.1, -0.05) is 23.2 Å². The molecule has 66 heavy (non-hydrogen) atoms. The molecule has 0 spiro atoms. The third-order valence-corrected chi connectivity index (χ3v) is 10.7. The van der Waals surface area contributed by atoms with Crippen LogP contribution in [-0.2, 0) is 19.1 Å². The second kappa shape index (κ2) is 28.0. The Morgan fingerprint density at radius 3 is 1.27 bits per heavy atom. The predicted octanol–water partition coefficient (Wildman–Crippen LogP) is 8.45. The average Bonchev–Trinajstić information content (AvgIpc) is 3.31. The van der Waals surface area contributed by atoms with Crippen molar-refractivity contribution in [1.82, 2.24) is 9.80 Å². The van der Waals surface area contributed by atoms with Crippen LogP contribution in [0.15, 0.2) is 105 Å². The maximum absolute atomic E-state index is 12.9. The van der Waals surface area contributed by atoms with Crippen molar-refractivity contribution in [2.45, 2.75) is 26.7 Å². The van der Waals surface area contributed by atoms with Crippen molar-refractivity contribution in [3.05, 3.63) is 115 Å². The molecular weight excluding hydrogens is 899 g/mol. The van der Waals surface area contributed by atoms with Gasteiger partial charge in [-0.3, -0.25) is 34.7 Å². The van der Waals surface area contributed by atoms with E-state index in [0.29, 0.717) is 88.2 Å². The molecule has 0 unspecified atom stereocenters. The second-order valence-corrected chi connectivity index (χ2v) is 15.3. The lowest BCUT2D eigenvalue weighted by Gasteiger charge is -2.27. The number of hydrogen-bond donors (Lipinski definition) is 2. The maximum atomic E-state index is 12.9. The molecule has 0 aliphatic heterocycles. The van der Waals surface area contributed by atoms with E-state index in [0.717, 1.165) is 11.4 Å². The number of nitro benzene ring substituents is 2. The number of hydrogen-bond acceptors (Lipinski definition) is 18. The third-order valence-electron chi connectivity index (χ3n) is 10.1. The highest BCUT2D eigenvalue weighted by atomic mass is 35.5. The molecule has 0 radical (unpaired) electrons. The smallest absolute Gasteiger partial charge is 0.307 e. The minimum Gasteiger partial charge on any atom is -0.464 e. The molecule has 20 nitrogen and oxygen atoms in total. The van der Waals surface area contributed by atoms with Gasteiger partial charge in [-0.2, -0.15) is 10.2 Å². The molecule has 0 saturated heterocycles. The Kier molecular flexibility index (Phi) is 22.3. The van der Waals surface area contributed by atoms with Crippen LogP contribution in [0, 0.1) is 20.2 Å². The third kappa shape index (κ3) is 17.7. The van der Waals surface area contributed by atoms with Crippen LogP contribution in [0.1, 0.15) is 26.7 Å². The van der Waals surface area contributed by atoms with Crippen molar-refractivity contribution in [3.63, 3.8) is 0 Å². The van der Waals surface area contributed by atoms with E-state index < -0.39 is 21.8 Å². The molecule has 22 heteroatoms. The summed E-state index contributed by atoms with van der Waals surface area (Å²) in [6.45, 7) is 8.58. The van der Waals surface area contributed by atoms with Gasteiger partial charge in [-0.25, -0.2) is 0 Å². The van der Waals surface area contributed by atoms with Crippen LogP contribution in [0.5, 0.6) is 0 Å². The number of carbonyl (C=O) groups is 2. The first-order valence-electron chi connectivity index (χ1n) is 21.2. The second-order valence-electron chi connectivity index (χ2n) is 14.4. The molecule has 0 amide bonds. The number of non-ortho nitro benzene ring substituents is 2. The number of aliphatic hydroxyl groups is 2. The van der Waals surface area contributed by atoms with E-state index in [1.165, 1.54) is 36.4 Å². The average molecular weight is 954 g/mol. The van der Waals surface area contributed by atoms with Gasteiger partial charge in [-0.15, -0.1) is 10.2 Å². The number of rotatable bonds is 29. The molecule has 0 saturated carbocycles. The van der Waals surface area contributed by atoms with Crippen molar-refractivity contribution in [1.29, 1.82) is 0 Å². The minimum absolute atomic E-state index is 0.0774. The Bertz CT molecular complexity index is 2100. The molecular formula is C44H54Cl2N10O10. The van der Waals surface area contributed by atoms with E-state index in [-0.39, 0.29) is 60.7 Å². The zero-order chi connectivity index (χ0) is 47.8. The number of ether oxygens (including phenoxy) is 2. The number of likely N-dealkylation sites (N-methyl/N-ethyl adjacent to an activating group) is 2. The highest BCUT2D eigenvalue weighted by molar-refractivity contribution is 6.33. The number of carbonyl (C=O) groups excluding carboxylic acids is 2. The van der Waals surface area contributed by atoms with Crippen LogP contribution in [0.2, 0.25) is 10.0 Å². The van der Waals surface area contributed by atoms with Crippen molar-refractivity contribution in [2.24, 2.45) is 20.5 Å². The van der Waals surface area contributed by atoms with Gasteiger partial charge in [0.1, 0.15) is 24.6 Å². The molecule has 4 rings (SSSR count). The summed E-state index contributed by atoms with van der Waals surface area (Å²) in [6, 6.07) is 22.4. The zero-order valence-corrected chi connectivity index (χ0v) is 38.3. The molecule has 0 aliphatic carbocycles. The van der Waals surface area contributed by atoms with Gasteiger partial charge in [-0.05, 0) is 74.5 Å². The summed E-state index contributed by atoms with van der Waals surface area (Å²) in [5, 5.41) is 57.7. The monoisotopic (exact) mass is 952 g/mol. The van der Waals surface area contributed by atoms with Crippen molar-refractivity contribution < 1.29 is 39.1 Å². The van der Waals surface area contributed by atoms with Crippen molar-refractivity contribution >= 4 is 80.6 Å². The van der Waals surface area contributed by atoms with Gasteiger partial charge in [0.05, 0.1) is 70.4 Å². The minimum atomic E-state index is -0.541. The van der Waals surface area contributed by atoms with Gasteiger partial charge >= 0.3 is 11.9 Å². The van der Waals surface area contributed by atoms with Crippen molar-refractivity contribution in [3.8, 4) is 0 Å². The topological polar surface area (TPSA) is 242 Å². The lowest BCUT2D eigenvalue weighted by Crippen LogP contribution is -2.39. The van der Waals surface area contributed by atoms with E-state index in [2.05, 4.69) is 20.5 Å². The van der Waals surface area contributed by atoms with Crippen LogP contribution in [0.4, 0.5) is 45.5 Å². The quantitative estimate of drug-likeness (QED) is 0.0225. The summed E-state index contributed by atoms with van der Waals surface area (Å²) in [6.07, 6.45) is 0.159. The first-order valence-corrected chi connectivity index (χ1v) is 22.0. The summed E-state index contributed by atoms with van der Waals surface area (Å²) >= 11 is 12.2. The number of halogens is 2. The molecule has 0 heterocycles. The van der Waals surface area contributed by atoms with E-state index >= 15 is 0 Å². The normalized spacial score (nSPS) is 11.5. The lowest BCUT2D eigenvalue weighted by molar-refractivity contribution is -0.385. The molecule has 0 bridgehead atoms. The fourth-order valence-electron chi connectivity index (χ4n) is 6.42. The standard InChI is InChI=1S/C44H54Cl2N10O10/c1-3-53(35-9-5-33(6-10-35)47-49-41-15-13-37(55(61)62)31-39(41)45)25-29-65-43(59)17-19-51(21-22-52(23-27-57)24-28-58)20-18-44(60)66-30-26-54(4-2)36-11-7-34(8-12-36)48-50-42-16-14-38(56(63)64)32-40(42)46/h5-16,31-32,57-58H,3-4,17-30H2,1-2H3/b49-47+,50-48+. The molecule has 4 aromatic carbocycles. The highest BCUT2D eigenvalue weighted by Gasteiger charge is 2.16.